The number of hydrogen-bond acceptors (Lipinski definition) is 4. The van der Waals surface area contributed by atoms with E-state index >= 15 is 0 Å². The number of likely N-dealkylation sites (tertiary alicyclic amines) is 1. The molecule has 1 aromatic carbocycles. The predicted molar refractivity (Wildman–Crippen MR) is 104 cm³/mol. The van der Waals surface area contributed by atoms with Crippen LogP contribution in [0.4, 0.5) is 5.69 Å². The molecule has 1 aromatic rings. The summed E-state index contributed by atoms with van der Waals surface area (Å²) in [5.74, 6) is 0.685. The molecule has 2 saturated heterocycles. The van der Waals surface area contributed by atoms with E-state index in [0.717, 1.165) is 57.6 Å². The van der Waals surface area contributed by atoms with E-state index in [1.54, 1.807) is 0 Å². The summed E-state index contributed by atoms with van der Waals surface area (Å²) in [6, 6.07) is 8.19. The molecule has 6 heteroatoms. The molecule has 146 valence electrons. The fraction of sp³-hybridized carbons (Fsp3) is 0.619. The first-order valence-corrected chi connectivity index (χ1v) is 10.2. The van der Waals surface area contributed by atoms with Crippen molar-refractivity contribution >= 4 is 17.5 Å². The standard InChI is InChI=1S/C21H29N3O3/c25-20-8-3-10-23(20)11-9-16-15-24(19-7-2-1-6-18(16)19)21(26)14-22-13-17-5-4-12-27-17/h1-2,6-7,16-17,22H,3-5,8-15H2. The molecule has 2 fully saturated rings. The highest BCUT2D eigenvalue weighted by Gasteiger charge is 2.32. The van der Waals surface area contributed by atoms with Gasteiger partial charge >= 0.3 is 0 Å². The summed E-state index contributed by atoms with van der Waals surface area (Å²) in [4.78, 5) is 28.5. The normalized spacial score (nSPS) is 24.7. The van der Waals surface area contributed by atoms with E-state index in [4.69, 9.17) is 4.74 Å². The quantitative estimate of drug-likeness (QED) is 0.795. The number of ether oxygens (including phenoxy) is 1. The van der Waals surface area contributed by atoms with Crippen LogP contribution in [0.15, 0.2) is 24.3 Å². The Hall–Kier alpha value is -1.92. The Bertz CT molecular complexity index is 687. The SMILES string of the molecule is O=C1CCCN1CCC1CN(C(=O)CNCC2CCCO2)c2ccccc21. The number of nitrogens with one attached hydrogen (secondary N) is 1. The van der Waals surface area contributed by atoms with Crippen molar-refractivity contribution in [3.63, 3.8) is 0 Å². The van der Waals surface area contributed by atoms with Crippen LogP contribution in [0.5, 0.6) is 0 Å². The predicted octanol–water partition coefficient (Wildman–Crippen LogP) is 1.90. The van der Waals surface area contributed by atoms with Crippen molar-refractivity contribution < 1.29 is 14.3 Å². The number of fused-ring (bicyclic) bond motifs is 1. The van der Waals surface area contributed by atoms with E-state index in [-0.39, 0.29) is 17.9 Å². The van der Waals surface area contributed by atoms with Crippen molar-refractivity contribution in [1.29, 1.82) is 0 Å². The van der Waals surface area contributed by atoms with Crippen molar-refractivity contribution in [1.82, 2.24) is 10.2 Å². The third-order valence-corrected chi connectivity index (χ3v) is 5.96. The van der Waals surface area contributed by atoms with Gasteiger partial charge in [0, 0.05) is 50.8 Å². The van der Waals surface area contributed by atoms with Crippen molar-refractivity contribution in [2.45, 2.75) is 44.1 Å². The second-order valence-electron chi connectivity index (χ2n) is 7.80. The Labute approximate surface area is 160 Å². The molecule has 2 amide bonds. The van der Waals surface area contributed by atoms with Crippen LogP contribution in [0.25, 0.3) is 0 Å². The molecule has 0 radical (unpaired) electrons. The van der Waals surface area contributed by atoms with Gasteiger partial charge in [0.2, 0.25) is 11.8 Å². The first-order valence-electron chi connectivity index (χ1n) is 10.2. The number of anilines is 1. The molecule has 2 atom stereocenters. The second kappa shape index (κ2) is 8.40. The first-order chi connectivity index (χ1) is 13.2. The number of amides is 2. The Kier molecular flexibility index (Phi) is 5.74. The third-order valence-electron chi connectivity index (χ3n) is 5.96. The number of benzene rings is 1. The largest absolute Gasteiger partial charge is 0.377 e. The number of hydrogen-bond donors (Lipinski definition) is 1. The number of rotatable bonds is 7. The molecule has 6 nitrogen and oxygen atoms in total. The smallest absolute Gasteiger partial charge is 0.240 e. The molecule has 1 N–H and O–H groups in total. The lowest BCUT2D eigenvalue weighted by atomic mass is 9.98. The zero-order chi connectivity index (χ0) is 18.6. The molecule has 0 spiro atoms. The van der Waals surface area contributed by atoms with Crippen molar-refractivity contribution in [2.24, 2.45) is 0 Å². The van der Waals surface area contributed by atoms with Gasteiger partial charge in [-0.2, -0.15) is 0 Å². The van der Waals surface area contributed by atoms with E-state index in [1.165, 1.54) is 5.56 Å². The lowest BCUT2D eigenvalue weighted by molar-refractivity contribution is -0.127. The van der Waals surface area contributed by atoms with Crippen LogP contribution in [0.1, 0.15) is 43.6 Å². The van der Waals surface area contributed by atoms with Gasteiger partial charge in [0.25, 0.3) is 0 Å². The molecular weight excluding hydrogens is 342 g/mol. The molecule has 0 bridgehead atoms. The van der Waals surface area contributed by atoms with Gasteiger partial charge in [-0.1, -0.05) is 18.2 Å². The fourth-order valence-corrected chi connectivity index (χ4v) is 4.47. The van der Waals surface area contributed by atoms with Crippen LogP contribution in [0.2, 0.25) is 0 Å². The molecule has 3 aliphatic rings. The molecule has 0 saturated carbocycles. The van der Waals surface area contributed by atoms with E-state index in [1.807, 2.05) is 28.0 Å². The highest BCUT2D eigenvalue weighted by atomic mass is 16.5. The molecule has 0 aromatic heterocycles. The average Bonchev–Trinajstić information content (AvgIpc) is 3.40. The minimum absolute atomic E-state index is 0.111. The molecule has 4 rings (SSSR count). The van der Waals surface area contributed by atoms with Crippen molar-refractivity contribution in [2.75, 3.05) is 44.2 Å². The summed E-state index contributed by atoms with van der Waals surface area (Å²) < 4.78 is 5.60. The van der Waals surface area contributed by atoms with Gasteiger partial charge in [0.15, 0.2) is 0 Å². The monoisotopic (exact) mass is 371 g/mol. The Morgan fingerprint density at radius 3 is 2.93 bits per heavy atom. The van der Waals surface area contributed by atoms with Crippen LogP contribution >= 0.6 is 0 Å². The molecule has 27 heavy (non-hydrogen) atoms. The topological polar surface area (TPSA) is 61.9 Å². The van der Waals surface area contributed by atoms with Gasteiger partial charge in [-0.3, -0.25) is 9.59 Å². The van der Waals surface area contributed by atoms with Crippen molar-refractivity contribution in [3.8, 4) is 0 Å². The summed E-state index contributed by atoms with van der Waals surface area (Å²) in [5.41, 5.74) is 2.26. The summed E-state index contributed by atoms with van der Waals surface area (Å²) in [6.45, 7) is 4.29. The Balaban J connectivity index is 1.34. The molecule has 2 unspecified atom stereocenters. The molecule has 3 aliphatic heterocycles. The van der Waals surface area contributed by atoms with E-state index in [2.05, 4.69) is 11.4 Å². The maximum Gasteiger partial charge on any atom is 0.240 e. The number of carbonyl (C=O) groups is 2. The van der Waals surface area contributed by atoms with Crippen LogP contribution in [0, 0.1) is 0 Å². The van der Waals surface area contributed by atoms with E-state index in [0.29, 0.717) is 25.4 Å². The molecular formula is C21H29N3O3. The number of carbonyl (C=O) groups excluding carboxylic acids is 2. The zero-order valence-electron chi connectivity index (χ0n) is 15.9. The molecule has 0 aliphatic carbocycles. The summed E-state index contributed by atoms with van der Waals surface area (Å²) in [5, 5.41) is 3.26. The van der Waals surface area contributed by atoms with Crippen LogP contribution in [0.3, 0.4) is 0 Å². The van der Waals surface area contributed by atoms with E-state index in [9.17, 15) is 9.59 Å². The van der Waals surface area contributed by atoms with Crippen LogP contribution in [-0.2, 0) is 14.3 Å². The fourth-order valence-electron chi connectivity index (χ4n) is 4.47. The Morgan fingerprint density at radius 2 is 2.15 bits per heavy atom. The lowest BCUT2D eigenvalue weighted by Gasteiger charge is -2.20. The second-order valence-corrected chi connectivity index (χ2v) is 7.80. The van der Waals surface area contributed by atoms with Gasteiger partial charge in [0.1, 0.15) is 0 Å². The molecule has 3 heterocycles. The van der Waals surface area contributed by atoms with Crippen LogP contribution < -0.4 is 10.2 Å². The van der Waals surface area contributed by atoms with Gasteiger partial charge in [-0.25, -0.2) is 0 Å². The average molecular weight is 371 g/mol. The van der Waals surface area contributed by atoms with Gasteiger partial charge in [-0.15, -0.1) is 0 Å². The highest BCUT2D eigenvalue weighted by Crippen LogP contribution is 2.38. The zero-order valence-corrected chi connectivity index (χ0v) is 15.9. The maximum absolute atomic E-state index is 12.8. The Morgan fingerprint density at radius 1 is 1.26 bits per heavy atom. The summed E-state index contributed by atoms with van der Waals surface area (Å²) in [7, 11) is 0. The number of para-hydroxylation sites is 1. The van der Waals surface area contributed by atoms with Crippen LogP contribution in [-0.4, -0.2) is 62.1 Å². The minimum Gasteiger partial charge on any atom is -0.377 e. The summed E-state index contributed by atoms with van der Waals surface area (Å²) in [6.07, 6.45) is 5.00. The van der Waals surface area contributed by atoms with Gasteiger partial charge < -0.3 is 19.9 Å². The summed E-state index contributed by atoms with van der Waals surface area (Å²) >= 11 is 0. The first kappa shape index (κ1) is 18.4. The minimum atomic E-state index is 0.111. The van der Waals surface area contributed by atoms with Crippen molar-refractivity contribution in [3.05, 3.63) is 29.8 Å². The maximum atomic E-state index is 12.8. The van der Waals surface area contributed by atoms with Gasteiger partial charge in [0.05, 0.1) is 12.6 Å². The highest BCUT2D eigenvalue weighted by molar-refractivity contribution is 5.97. The number of nitrogens with zero attached hydrogens (tertiary/aromatic N) is 2. The lowest BCUT2D eigenvalue weighted by Crippen LogP contribution is -2.40. The van der Waals surface area contributed by atoms with E-state index < -0.39 is 0 Å². The third kappa shape index (κ3) is 4.17. The van der Waals surface area contributed by atoms with Gasteiger partial charge in [-0.05, 0) is 37.3 Å².